The molecule has 6 rings (SSSR count). The fraction of sp³-hybridized carbons (Fsp3) is 0.500. The first-order valence-corrected chi connectivity index (χ1v) is 11.1. The quantitative estimate of drug-likeness (QED) is 0.437. The Bertz CT molecular complexity index is 947. The second kappa shape index (κ2) is 8.78. The summed E-state index contributed by atoms with van der Waals surface area (Å²) >= 11 is 0. The third kappa shape index (κ3) is 5.27. The van der Waals surface area contributed by atoms with Crippen LogP contribution in [0.4, 0.5) is 0 Å². The van der Waals surface area contributed by atoms with Crippen molar-refractivity contribution in [1.82, 2.24) is 0 Å². The average Bonchev–Trinajstić information content (AvgIpc) is 3.65. The van der Waals surface area contributed by atoms with Crippen LogP contribution in [0.3, 0.4) is 0 Å². The molecule has 4 aliphatic heterocycles. The van der Waals surface area contributed by atoms with E-state index in [1.54, 1.807) is 0 Å². The summed E-state index contributed by atoms with van der Waals surface area (Å²) in [6, 6.07) is 11.8. The van der Waals surface area contributed by atoms with Gasteiger partial charge in [0.15, 0.2) is 11.5 Å². The lowest BCUT2D eigenvalue weighted by Gasteiger charge is -2.20. The molecule has 0 saturated carbocycles. The molecule has 0 bridgehead atoms. The molecule has 0 aliphatic carbocycles. The lowest BCUT2D eigenvalue weighted by Crippen LogP contribution is -2.11. The molecule has 0 amide bonds. The number of para-hydroxylation sites is 1. The van der Waals surface area contributed by atoms with E-state index >= 15 is 0 Å². The minimum absolute atomic E-state index is 0.115. The molecule has 0 N–H and O–H groups in total. The number of rotatable bonds is 13. The van der Waals surface area contributed by atoms with Crippen LogP contribution in [-0.2, 0) is 18.9 Å². The van der Waals surface area contributed by atoms with Crippen LogP contribution in [0.25, 0.3) is 11.1 Å². The van der Waals surface area contributed by atoms with E-state index in [1.165, 1.54) is 0 Å². The van der Waals surface area contributed by atoms with Crippen LogP contribution >= 0.6 is 0 Å². The first-order valence-electron chi connectivity index (χ1n) is 11.1. The Balaban J connectivity index is 1.35. The number of epoxide rings is 4. The van der Waals surface area contributed by atoms with Crippen molar-refractivity contribution in [3.8, 4) is 34.1 Å². The Hall–Kier alpha value is -2.52. The highest BCUT2D eigenvalue weighted by Crippen LogP contribution is 2.45. The molecular weight excluding hydrogens is 416 g/mol. The second-order valence-corrected chi connectivity index (χ2v) is 8.36. The molecule has 0 radical (unpaired) electrons. The van der Waals surface area contributed by atoms with Gasteiger partial charge in [-0.25, -0.2) is 0 Å². The average molecular weight is 442 g/mol. The molecule has 8 nitrogen and oxygen atoms in total. The van der Waals surface area contributed by atoms with Gasteiger partial charge in [0, 0.05) is 17.2 Å². The lowest BCUT2D eigenvalue weighted by atomic mass is 10.0. The van der Waals surface area contributed by atoms with Crippen LogP contribution in [-0.4, -0.2) is 77.3 Å². The van der Waals surface area contributed by atoms with Gasteiger partial charge in [-0.05, 0) is 12.1 Å². The highest BCUT2D eigenvalue weighted by atomic mass is 16.6. The van der Waals surface area contributed by atoms with Crippen LogP contribution in [0.1, 0.15) is 0 Å². The lowest BCUT2D eigenvalue weighted by molar-refractivity contribution is 0.225. The molecule has 4 saturated heterocycles. The van der Waals surface area contributed by atoms with Crippen LogP contribution in [0.2, 0.25) is 0 Å². The third-order valence-electron chi connectivity index (χ3n) is 5.51. The van der Waals surface area contributed by atoms with E-state index in [1.807, 2.05) is 36.4 Å². The van der Waals surface area contributed by atoms with E-state index in [0.717, 1.165) is 30.1 Å². The molecule has 2 aromatic carbocycles. The van der Waals surface area contributed by atoms with Gasteiger partial charge in [-0.1, -0.05) is 18.2 Å². The van der Waals surface area contributed by atoms with Crippen molar-refractivity contribution in [2.75, 3.05) is 52.9 Å². The zero-order valence-electron chi connectivity index (χ0n) is 17.7. The fourth-order valence-electron chi connectivity index (χ4n) is 3.32. The molecular formula is C24H26O8. The van der Waals surface area contributed by atoms with E-state index in [4.69, 9.17) is 37.9 Å². The normalized spacial score (nSPS) is 26.9. The summed E-state index contributed by atoms with van der Waals surface area (Å²) in [7, 11) is 0. The molecule has 170 valence electrons. The molecule has 4 fully saturated rings. The molecule has 8 heteroatoms. The zero-order valence-corrected chi connectivity index (χ0v) is 17.7. The van der Waals surface area contributed by atoms with Gasteiger partial charge in [0.2, 0.25) is 0 Å². The van der Waals surface area contributed by atoms with Gasteiger partial charge in [-0.15, -0.1) is 0 Å². The van der Waals surface area contributed by atoms with Crippen molar-refractivity contribution in [3.05, 3.63) is 36.4 Å². The van der Waals surface area contributed by atoms with Gasteiger partial charge in [0.1, 0.15) is 62.3 Å². The minimum Gasteiger partial charge on any atom is -0.491 e. The Labute approximate surface area is 186 Å². The van der Waals surface area contributed by atoms with Gasteiger partial charge in [0.25, 0.3) is 0 Å². The second-order valence-electron chi connectivity index (χ2n) is 8.36. The maximum atomic E-state index is 6.23. The van der Waals surface area contributed by atoms with Gasteiger partial charge < -0.3 is 37.9 Å². The molecule has 4 unspecified atom stereocenters. The molecule has 4 heterocycles. The molecule has 4 atom stereocenters. The minimum atomic E-state index is 0.115. The van der Waals surface area contributed by atoms with E-state index < -0.39 is 0 Å². The molecule has 4 aliphatic rings. The summed E-state index contributed by atoms with van der Waals surface area (Å²) in [4.78, 5) is 0. The Morgan fingerprint density at radius 2 is 1.12 bits per heavy atom. The van der Waals surface area contributed by atoms with Crippen molar-refractivity contribution >= 4 is 0 Å². The van der Waals surface area contributed by atoms with Crippen molar-refractivity contribution in [3.63, 3.8) is 0 Å². The van der Waals surface area contributed by atoms with E-state index in [9.17, 15) is 0 Å². The Kier molecular flexibility index (Phi) is 5.52. The monoisotopic (exact) mass is 442 g/mol. The van der Waals surface area contributed by atoms with Crippen LogP contribution in [0, 0.1) is 0 Å². The van der Waals surface area contributed by atoms with Crippen LogP contribution < -0.4 is 18.9 Å². The van der Waals surface area contributed by atoms with Crippen LogP contribution in [0.15, 0.2) is 36.4 Å². The summed E-state index contributed by atoms with van der Waals surface area (Å²) in [6.07, 6.45) is 0.553. The van der Waals surface area contributed by atoms with E-state index in [-0.39, 0.29) is 24.4 Å². The van der Waals surface area contributed by atoms with Crippen molar-refractivity contribution in [2.24, 2.45) is 0 Å². The topological polar surface area (TPSA) is 87.0 Å². The van der Waals surface area contributed by atoms with Crippen LogP contribution in [0.5, 0.6) is 23.0 Å². The smallest absolute Gasteiger partial charge is 0.169 e. The molecule has 2 aromatic rings. The Morgan fingerprint density at radius 1 is 0.594 bits per heavy atom. The highest BCUT2D eigenvalue weighted by Gasteiger charge is 2.29. The number of hydrogen-bond acceptors (Lipinski definition) is 8. The maximum absolute atomic E-state index is 6.23. The summed E-state index contributed by atoms with van der Waals surface area (Å²) in [5.74, 6) is 2.72. The van der Waals surface area contributed by atoms with E-state index in [0.29, 0.717) is 56.9 Å². The maximum Gasteiger partial charge on any atom is 0.169 e. The van der Waals surface area contributed by atoms with Crippen molar-refractivity contribution in [1.29, 1.82) is 0 Å². The largest absolute Gasteiger partial charge is 0.491 e. The summed E-state index contributed by atoms with van der Waals surface area (Å²) in [5.41, 5.74) is 1.75. The summed E-state index contributed by atoms with van der Waals surface area (Å²) in [5, 5.41) is 0. The van der Waals surface area contributed by atoms with Crippen molar-refractivity contribution in [2.45, 2.75) is 24.4 Å². The molecule has 0 spiro atoms. The van der Waals surface area contributed by atoms with Gasteiger partial charge >= 0.3 is 0 Å². The van der Waals surface area contributed by atoms with Crippen molar-refractivity contribution < 1.29 is 37.9 Å². The number of hydrogen-bond donors (Lipinski definition) is 0. The van der Waals surface area contributed by atoms with E-state index in [2.05, 4.69) is 0 Å². The predicted octanol–water partition coefficient (Wildman–Crippen LogP) is 2.46. The summed E-state index contributed by atoms with van der Waals surface area (Å²) < 4.78 is 45.7. The Morgan fingerprint density at radius 3 is 1.75 bits per heavy atom. The first kappa shape index (κ1) is 20.1. The predicted molar refractivity (Wildman–Crippen MR) is 113 cm³/mol. The first-order chi connectivity index (χ1) is 15.8. The van der Waals surface area contributed by atoms with Gasteiger partial charge in [-0.3, -0.25) is 0 Å². The zero-order chi connectivity index (χ0) is 21.3. The molecule has 32 heavy (non-hydrogen) atoms. The summed E-state index contributed by atoms with van der Waals surface area (Å²) in [6.45, 7) is 4.83. The number of ether oxygens (including phenoxy) is 8. The highest BCUT2D eigenvalue weighted by molar-refractivity contribution is 5.80. The standard InChI is InChI=1S/C24H26O8/c1-2-4-22(30-12-17-9-27-17)20(3-1)21-5-15(25-7-16-8-26-16)6-23(31-13-18-10-28-18)24(21)32-14-19-11-29-19/h1-6,16-19H,7-14H2. The molecule has 0 aromatic heterocycles. The SMILES string of the molecule is c1ccc(-c2cc(OCC3CO3)cc(OCC3CO3)c2OCC2CO2)c(OCC2CO2)c1. The number of benzene rings is 2. The van der Waals surface area contributed by atoms with Gasteiger partial charge in [0.05, 0.1) is 26.4 Å². The van der Waals surface area contributed by atoms with Gasteiger partial charge in [-0.2, -0.15) is 0 Å². The fourth-order valence-corrected chi connectivity index (χ4v) is 3.32. The third-order valence-corrected chi connectivity index (χ3v) is 5.51.